The highest BCUT2D eigenvalue weighted by Crippen LogP contribution is 2.22. The van der Waals surface area contributed by atoms with Crippen molar-refractivity contribution in [2.45, 2.75) is 20.0 Å². The standard InChI is InChI=1S/C22H19Cl3N6S/c1-14-8-21(29-31(14)12-15-4-2-3-5-19(15)24)28-22(32)27-18-10-26-30(13-18)11-16-6-7-17(23)9-20(16)25/h2-10,13H,11-12H2,1H3,(H2,27,28,29,32). The van der Waals surface area contributed by atoms with Crippen molar-refractivity contribution in [2.24, 2.45) is 0 Å². The molecule has 0 unspecified atom stereocenters. The second kappa shape index (κ2) is 9.92. The second-order valence-electron chi connectivity index (χ2n) is 7.16. The SMILES string of the molecule is Cc1cc(NC(=S)Nc2cnn(Cc3ccc(Cl)cc3Cl)c2)nn1Cc1ccccc1Cl. The maximum atomic E-state index is 6.27. The Morgan fingerprint density at radius 3 is 2.53 bits per heavy atom. The van der Waals surface area contributed by atoms with E-state index >= 15 is 0 Å². The van der Waals surface area contributed by atoms with Gasteiger partial charge in [0.25, 0.3) is 0 Å². The van der Waals surface area contributed by atoms with Gasteiger partial charge in [0.15, 0.2) is 10.9 Å². The van der Waals surface area contributed by atoms with Crippen molar-refractivity contribution in [3.8, 4) is 0 Å². The molecule has 0 bridgehead atoms. The molecule has 4 rings (SSSR count). The van der Waals surface area contributed by atoms with Gasteiger partial charge in [-0.25, -0.2) is 0 Å². The first kappa shape index (κ1) is 22.6. The van der Waals surface area contributed by atoms with Crippen LogP contribution >= 0.6 is 47.0 Å². The minimum absolute atomic E-state index is 0.413. The Balaban J connectivity index is 1.37. The molecule has 4 aromatic rings. The summed E-state index contributed by atoms with van der Waals surface area (Å²) in [5, 5.41) is 17.5. The summed E-state index contributed by atoms with van der Waals surface area (Å²) in [5.74, 6) is 0.646. The molecular weight excluding hydrogens is 487 g/mol. The first-order valence-electron chi connectivity index (χ1n) is 9.69. The molecule has 6 nitrogen and oxygen atoms in total. The number of thiocarbonyl (C=S) groups is 1. The first-order valence-corrected chi connectivity index (χ1v) is 11.2. The van der Waals surface area contributed by atoms with Crippen LogP contribution in [0.1, 0.15) is 16.8 Å². The zero-order valence-electron chi connectivity index (χ0n) is 17.0. The minimum atomic E-state index is 0.413. The van der Waals surface area contributed by atoms with Crippen LogP contribution in [0.4, 0.5) is 11.5 Å². The number of rotatable bonds is 6. The molecule has 0 amide bonds. The number of aromatic nitrogens is 4. The Morgan fingerprint density at radius 2 is 1.75 bits per heavy atom. The van der Waals surface area contributed by atoms with Crippen molar-refractivity contribution in [2.75, 3.05) is 10.6 Å². The Bertz CT molecular complexity index is 1270. The fraction of sp³-hybridized carbons (Fsp3) is 0.136. The molecule has 164 valence electrons. The van der Waals surface area contributed by atoms with Crippen molar-refractivity contribution in [3.05, 3.63) is 92.8 Å². The summed E-state index contributed by atoms with van der Waals surface area (Å²) < 4.78 is 3.64. The monoisotopic (exact) mass is 504 g/mol. The van der Waals surface area contributed by atoms with Crippen LogP contribution in [-0.4, -0.2) is 24.7 Å². The Kier molecular flexibility index (Phi) is 7.01. The number of hydrogen-bond acceptors (Lipinski definition) is 3. The largest absolute Gasteiger partial charge is 0.330 e. The first-order chi connectivity index (χ1) is 15.4. The smallest absolute Gasteiger partial charge is 0.176 e. The normalized spacial score (nSPS) is 10.9. The Labute approximate surface area is 206 Å². The summed E-state index contributed by atoms with van der Waals surface area (Å²) in [5.41, 5.74) is 3.66. The van der Waals surface area contributed by atoms with E-state index in [1.165, 1.54) is 0 Å². The molecule has 2 aromatic carbocycles. The van der Waals surface area contributed by atoms with E-state index in [1.54, 1.807) is 23.0 Å². The van der Waals surface area contributed by atoms with E-state index in [0.717, 1.165) is 22.5 Å². The van der Waals surface area contributed by atoms with Crippen molar-refractivity contribution >= 4 is 63.6 Å². The molecule has 2 heterocycles. The van der Waals surface area contributed by atoms with E-state index in [-0.39, 0.29) is 0 Å². The van der Waals surface area contributed by atoms with Gasteiger partial charge in [0.05, 0.1) is 25.0 Å². The molecule has 0 saturated heterocycles. The fourth-order valence-electron chi connectivity index (χ4n) is 3.14. The molecular formula is C22H19Cl3N6S. The molecule has 32 heavy (non-hydrogen) atoms. The summed E-state index contributed by atoms with van der Waals surface area (Å²) in [6.45, 7) is 3.08. The van der Waals surface area contributed by atoms with Gasteiger partial charge < -0.3 is 10.6 Å². The van der Waals surface area contributed by atoms with Gasteiger partial charge in [0.1, 0.15) is 0 Å². The fourth-order valence-corrected chi connectivity index (χ4v) is 4.02. The highest BCUT2D eigenvalue weighted by Gasteiger charge is 2.10. The predicted octanol–water partition coefficient (Wildman–Crippen LogP) is 6.25. The van der Waals surface area contributed by atoms with E-state index in [1.807, 2.05) is 54.2 Å². The van der Waals surface area contributed by atoms with E-state index in [0.29, 0.717) is 39.1 Å². The van der Waals surface area contributed by atoms with Crippen molar-refractivity contribution < 1.29 is 0 Å². The van der Waals surface area contributed by atoms with Crippen molar-refractivity contribution in [1.82, 2.24) is 19.6 Å². The van der Waals surface area contributed by atoms with E-state index < -0.39 is 0 Å². The van der Waals surface area contributed by atoms with Crippen LogP contribution in [0.2, 0.25) is 15.1 Å². The molecule has 0 spiro atoms. The average molecular weight is 506 g/mol. The lowest BCUT2D eigenvalue weighted by molar-refractivity contribution is 0.668. The molecule has 0 atom stereocenters. The zero-order chi connectivity index (χ0) is 22.7. The highest BCUT2D eigenvalue weighted by molar-refractivity contribution is 7.80. The van der Waals surface area contributed by atoms with Gasteiger partial charge in [0.2, 0.25) is 0 Å². The molecule has 0 aliphatic heterocycles. The third-order valence-corrected chi connectivity index (χ3v) is 5.90. The summed E-state index contributed by atoms with van der Waals surface area (Å²) in [7, 11) is 0. The maximum Gasteiger partial charge on any atom is 0.176 e. The number of nitrogens with one attached hydrogen (secondary N) is 2. The number of halogens is 3. The third-order valence-electron chi connectivity index (χ3n) is 4.74. The number of benzene rings is 2. The number of nitrogens with zero attached hydrogens (tertiary/aromatic N) is 4. The molecule has 0 radical (unpaired) electrons. The summed E-state index contributed by atoms with van der Waals surface area (Å²) >= 11 is 23.9. The molecule has 0 fully saturated rings. The highest BCUT2D eigenvalue weighted by atomic mass is 35.5. The number of aryl methyl sites for hydroxylation is 1. The molecule has 2 aromatic heterocycles. The molecule has 0 aliphatic rings. The van der Waals surface area contributed by atoms with Gasteiger partial charge in [0, 0.05) is 33.0 Å². The van der Waals surface area contributed by atoms with E-state index in [4.69, 9.17) is 47.0 Å². The summed E-state index contributed by atoms with van der Waals surface area (Å²) in [4.78, 5) is 0. The van der Waals surface area contributed by atoms with Crippen LogP contribution in [0.3, 0.4) is 0 Å². The quantitative estimate of drug-likeness (QED) is 0.303. The predicted molar refractivity (Wildman–Crippen MR) is 135 cm³/mol. The van der Waals surface area contributed by atoms with Crippen LogP contribution in [0.5, 0.6) is 0 Å². The second-order valence-corrected chi connectivity index (χ2v) is 8.82. The molecule has 10 heteroatoms. The van der Waals surface area contributed by atoms with Gasteiger partial charge in [-0.05, 0) is 48.5 Å². The third kappa shape index (κ3) is 5.61. The van der Waals surface area contributed by atoms with Gasteiger partial charge in [-0.2, -0.15) is 10.2 Å². The topological polar surface area (TPSA) is 59.7 Å². The van der Waals surface area contributed by atoms with E-state index in [2.05, 4.69) is 20.8 Å². The van der Waals surface area contributed by atoms with Crippen LogP contribution in [0, 0.1) is 6.92 Å². The van der Waals surface area contributed by atoms with Gasteiger partial charge in [-0.15, -0.1) is 0 Å². The minimum Gasteiger partial charge on any atom is -0.330 e. The lowest BCUT2D eigenvalue weighted by Gasteiger charge is -2.07. The lowest BCUT2D eigenvalue weighted by atomic mass is 10.2. The number of anilines is 2. The summed E-state index contributed by atoms with van der Waals surface area (Å²) in [6, 6.07) is 15.0. The Morgan fingerprint density at radius 1 is 0.969 bits per heavy atom. The van der Waals surface area contributed by atoms with Crippen molar-refractivity contribution in [1.29, 1.82) is 0 Å². The van der Waals surface area contributed by atoms with Crippen LogP contribution in [0.15, 0.2) is 60.9 Å². The average Bonchev–Trinajstić information content (AvgIpc) is 3.31. The van der Waals surface area contributed by atoms with Crippen LogP contribution < -0.4 is 10.6 Å². The number of hydrogen-bond donors (Lipinski definition) is 2. The maximum absolute atomic E-state index is 6.27. The zero-order valence-corrected chi connectivity index (χ0v) is 20.1. The lowest BCUT2D eigenvalue weighted by Crippen LogP contribution is -2.19. The van der Waals surface area contributed by atoms with Gasteiger partial charge in [-0.3, -0.25) is 9.36 Å². The molecule has 0 saturated carbocycles. The van der Waals surface area contributed by atoms with Gasteiger partial charge in [-0.1, -0.05) is 59.1 Å². The molecule has 0 aliphatic carbocycles. The van der Waals surface area contributed by atoms with Gasteiger partial charge >= 0.3 is 0 Å². The van der Waals surface area contributed by atoms with E-state index in [9.17, 15) is 0 Å². The van der Waals surface area contributed by atoms with Crippen LogP contribution in [-0.2, 0) is 13.1 Å². The Hall–Kier alpha value is -2.58. The van der Waals surface area contributed by atoms with Crippen molar-refractivity contribution in [3.63, 3.8) is 0 Å². The summed E-state index contributed by atoms with van der Waals surface area (Å²) in [6.07, 6.45) is 3.54. The molecule has 2 N–H and O–H groups in total. The van der Waals surface area contributed by atoms with Crippen LogP contribution in [0.25, 0.3) is 0 Å².